The van der Waals surface area contributed by atoms with Gasteiger partial charge in [0.2, 0.25) is 0 Å². The molecule has 1 aliphatic heterocycles. The van der Waals surface area contributed by atoms with E-state index in [-0.39, 0.29) is 19.0 Å². The van der Waals surface area contributed by atoms with Gasteiger partial charge in [0, 0.05) is 6.42 Å². The molecule has 1 heterocycles. The van der Waals surface area contributed by atoms with Crippen LogP contribution < -0.4 is 0 Å². The first kappa shape index (κ1) is 18.4. The van der Waals surface area contributed by atoms with Crippen molar-refractivity contribution in [2.45, 2.75) is 31.8 Å². The van der Waals surface area contributed by atoms with Gasteiger partial charge in [-0.1, -0.05) is 5.92 Å². The van der Waals surface area contributed by atoms with Crippen LogP contribution in [0, 0.1) is 12.3 Å². The average Bonchev–Trinajstić information content (AvgIpc) is 2.38. The van der Waals surface area contributed by atoms with Crippen LogP contribution in [-0.4, -0.2) is 73.8 Å². The molecule has 21 heavy (non-hydrogen) atoms. The zero-order chi connectivity index (χ0) is 15.8. The van der Waals surface area contributed by atoms with Gasteiger partial charge in [-0.2, -0.15) is 8.42 Å². The monoisotopic (exact) mass is 320 g/mol. The van der Waals surface area contributed by atoms with Crippen LogP contribution >= 0.6 is 0 Å². The maximum absolute atomic E-state index is 10.8. The first-order valence-electron chi connectivity index (χ1n) is 7.36. The summed E-state index contributed by atoms with van der Waals surface area (Å²) in [6.07, 6.45) is 8.20. The van der Waals surface area contributed by atoms with Crippen molar-refractivity contribution >= 4 is 10.1 Å². The van der Waals surface area contributed by atoms with E-state index < -0.39 is 16.2 Å². The number of aliphatic hydroxyl groups is 1. The molecule has 122 valence electrons. The second kappa shape index (κ2) is 8.71. The first-order valence-corrected chi connectivity index (χ1v) is 8.97. The zero-order valence-corrected chi connectivity index (χ0v) is 13.2. The molecule has 0 aromatic heterocycles. The Morgan fingerprint density at radius 3 is 2.52 bits per heavy atom. The molecule has 1 fully saturated rings. The third-order valence-corrected chi connectivity index (χ3v) is 4.70. The third-order valence-electron chi connectivity index (χ3n) is 3.89. The van der Waals surface area contributed by atoms with E-state index in [0.717, 1.165) is 25.9 Å². The van der Waals surface area contributed by atoms with Crippen LogP contribution in [0.4, 0.5) is 0 Å². The molecule has 0 aliphatic carbocycles. The predicted octanol–water partition coefficient (Wildman–Crippen LogP) is 0.276. The Balaban J connectivity index is 2.51. The molecule has 0 unspecified atom stereocenters. The minimum absolute atomic E-state index is 0.180. The van der Waals surface area contributed by atoms with Crippen LogP contribution in [0.15, 0.2) is 0 Å². The van der Waals surface area contributed by atoms with Gasteiger partial charge < -0.3 is 14.3 Å². The molecule has 7 heteroatoms. The maximum Gasteiger partial charge on any atom is 0.265 e. The van der Waals surface area contributed by atoms with E-state index in [1.807, 2.05) is 0 Å². The highest BCUT2D eigenvalue weighted by Gasteiger charge is 2.32. The predicted molar refractivity (Wildman–Crippen MR) is 80.3 cm³/mol. The van der Waals surface area contributed by atoms with Gasteiger partial charge in [-0.25, -0.2) is 0 Å². The lowest BCUT2D eigenvalue weighted by Gasteiger charge is -2.42. The summed E-state index contributed by atoms with van der Waals surface area (Å²) in [4.78, 5) is 0. The molecule has 0 amide bonds. The molecular weight excluding hydrogens is 294 g/mol. The van der Waals surface area contributed by atoms with E-state index in [1.54, 1.807) is 0 Å². The summed E-state index contributed by atoms with van der Waals surface area (Å²) in [7, 11) is -3.92. The van der Waals surface area contributed by atoms with Gasteiger partial charge in [-0.05, 0) is 19.3 Å². The minimum Gasteiger partial charge on any atom is -0.385 e. The van der Waals surface area contributed by atoms with Crippen LogP contribution in [0.5, 0.6) is 0 Å². The second-order valence-electron chi connectivity index (χ2n) is 5.77. The Morgan fingerprint density at radius 2 is 1.95 bits per heavy atom. The van der Waals surface area contributed by atoms with Crippen molar-refractivity contribution in [3.05, 3.63) is 0 Å². The van der Waals surface area contributed by atoms with E-state index in [4.69, 9.17) is 15.7 Å². The largest absolute Gasteiger partial charge is 0.385 e. The summed E-state index contributed by atoms with van der Waals surface area (Å²) in [6.45, 7) is 3.42. The van der Waals surface area contributed by atoms with Crippen molar-refractivity contribution in [2.24, 2.45) is 0 Å². The highest BCUT2D eigenvalue weighted by molar-refractivity contribution is 7.85. The number of nitrogens with zero attached hydrogens (tertiary/aromatic N) is 1. The molecule has 0 radical (unpaired) electrons. The lowest BCUT2D eigenvalue weighted by atomic mass is 10.1. The molecule has 0 aromatic rings. The van der Waals surface area contributed by atoms with Gasteiger partial charge in [0.05, 0.1) is 32.0 Å². The number of terminal acetylenes is 1. The molecule has 0 spiro atoms. The quantitative estimate of drug-likeness (QED) is 0.276. The highest BCUT2D eigenvalue weighted by Crippen LogP contribution is 2.20. The number of rotatable bonds is 9. The number of aliphatic hydroxyl groups excluding tert-OH is 1. The zero-order valence-electron chi connectivity index (χ0n) is 12.4. The van der Waals surface area contributed by atoms with Crippen LogP contribution in [0.1, 0.15) is 25.7 Å². The summed E-state index contributed by atoms with van der Waals surface area (Å²) >= 11 is 0. The Kier molecular flexibility index (Phi) is 7.63. The summed E-state index contributed by atoms with van der Waals surface area (Å²) < 4.78 is 36.4. The Hall–Kier alpha value is -0.650. The van der Waals surface area contributed by atoms with Gasteiger partial charge in [-0.3, -0.25) is 4.55 Å². The molecule has 0 bridgehead atoms. The van der Waals surface area contributed by atoms with Gasteiger partial charge in [-0.15, -0.1) is 6.42 Å². The fourth-order valence-corrected chi connectivity index (χ4v) is 3.51. The van der Waals surface area contributed by atoms with E-state index in [1.165, 1.54) is 6.42 Å². The van der Waals surface area contributed by atoms with Crippen LogP contribution in [-0.2, 0) is 14.9 Å². The average molecular weight is 320 g/mol. The molecule has 1 atom stereocenters. The number of hydrogen-bond acceptors (Lipinski definition) is 4. The van der Waals surface area contributed by atoms with E-state index in [2.05, 4.69) is 5.92 Å². The Labute approximate surface area is 127 Å². The standard InChI is InChI=1S/C14H25NO5S/c1-2-10-20-13-14(16)12-15(7-4-3-5-8-15)9-6-11-21(17,18)19/h1,14,16H,3-13H2/p+1/t14-/m1/s1. The van der Waals surface area contributed by atoms with Crippen LogP contribution in [0.2, 0.25) is 0 Å². The van der Waals surface area contributed by atoms with Gasteiger partial charge in [0.25, 0.3) is 10.1 Å². The third kappa shape index (κ3) is 7.79. The van der Waals surface area contributed by atoms with Gasteiger partial charge in [0.15, 0.2) is 0 Å². The topological polar surface area (TPSA) is 83.8 Å². The van der Waals surface area contributed by atoms with Crippen LogP contribution in [0.25, 0.3) is 0 Å². The molecule has 6 nitrogen and oxygen atoms in total. The van der Waals surface area contributed by atoms with Crippen molar-refractivity contribution in [1.82, 2.24) is 0 Å². The fraction of sp³-hybridized carbons (Fsp3) is 0.857. The fourth-order valence-electron chi connectivity index (χ4n) is 3.02. The number of piperidine rings is 1. The number of likely N-dealkylation sites (tertiary alicyclic amines) is 1. The smallest absolute Gasteiger partial charge is 0.265 e. The van der Waals surface area contributed by atoms with Gasteiger partial charge in [0.1, 0.15) is 19.3 Å². The SMILES string of the molecule is C#CCOC[C@H](O)C[N+]1(CCCS(=O)(=O)O)CCCCC1. The molecular formula is C14H26NO5S+. The molecule has 1 saturated heterocycles. The van der Waals surface area contributed by atoms with Crippen molar-refractivity contribution in [3.63, 3.8) is 0 Å². The summed E-state index contributed by atoms with van der Waals surface area (Å²) in [5, 5.41) is 10.1. The summed E-state index contributed by atoms with van der Waals surface area (Å²) in [5.41, 5.74) is 0. The second-order valence-corrected chi connectivity index (χ2v) is 7.34. The number of ether oxygens (including phenoxy) is 1. The summed E-state index contributed by atoms with van der Waals surface area (Å²) in [5.74, 6) is 2.13. The molecule has 1 rings (SSSR count). The highest BCUT2D eigenvalue weighted by atomic mass is 32.2. The summed E-state index contributed by atoms with van der Waals surface area (Å²) in [6, 6.07) is 0. The molecule has 1 aliphatic rings. The Bertz CT molecular complexity index is 437. The molecule has 0 saturated carbocycles. The maximum atomic E-state index is 10.8. The van der Waals surface area contributed by atoms with Crippen LogP contribution in [0.3, 0.4) is 0 Å². The lowest BCUT2D eigenvalue weighted by Crippen LogP contribution is -2.56. The molecule has 2 N–H and O–H groups in total. The Morgan fingerprint density at radius 1 is 1.29 bits per heavy atom. The normalized spacial score (nSPS) is 19.9. The van der Waals surface area contributed by atoms with Gasteiger partial charge >= 0.3 is 0 Å². The minimum atomic E-state index is -3.92. The van der Waals surface area contributed by atoms with E-state index >= 15 is 0 Å². The first-order chi connectivity index (χ1) is 9.87. The van der Waals surface area contributed by atoms with Crippen molar-refractivity contribution in [1.29, 1.82) is 0 Å². The van der Waals surface area contributed by atoms with E-state index in [0.29, 0.717) is 24.0 Å². The number of quaternary nitrogens is 1. The molecule has 0 aromatic carbocycles. The van der Waals surface area contributed by atoms with Crippen molar-refractivity contribution in [3.8, 4) is 12.3 Å². The van der Waals surface area contributed by atoms with Crippen molar-refractivity contribution < 1.29 is 27.3 Å². The van der Waals surface area contributed by atoms with Crippen molar-refractivity contribution in [2.75, 3.05) is 45.1 Å². The lowest BCUT2D eigenvalue weighted by molar-refractivity contribution is -0.935. The number of hydrogen-bond donors (Lipinski definition) is 2. The van der Waals surface area contributed by atoms with E-state index in [9.17, 15) is 13.5 Å².